The van der Waals surface area contributed by atoms with Gasteiger partial charge in [-0.15, -0.1) is 0 Å². The number of nitro groups is 1. The summed E-state index contributed by atoms with van der Waals surface area (Å²) in [6.45, 7) is 1.52. The van der Waals surface area contributed by atoms with E-state index in [0.717, 1.165) is 12.1 Å². The second-order valence-electron chi connectivity index (χ2n) is 5.33. The third kappa shape index (κ3) is 5.14. The van der Waals surface area contributed by atoms with E-state index in [0.29, 0.717) is 5.56 Å². The summed E-state index contributed by atoms with van der Waals surface area (Å²) < 4.78 is 38.8. The van der Waals surface area contributed by atoms with Gasteiger partial charge >= 0.3 is 6.18 Å². The van der Waals surface area contributed by atoms with Crippen molar-refractivity contribution in [2.45, 2.75) is 13.1 Å². The van der Waals surface area contributed by atoms with Crippen LogP contribution in [0.2, 0.25) is 0 Å². The molecule has 0 radical (unpaired) electrons. The van der Waals surface area contributed by atoms with Crippen LogP contribution >= 0.6 is 12.2 Å². The summed E-state index contributed by atoms with van der Waals surface area (Å²) in [7, 11) is 0. The van der Waals surface area contributed by atoms with Gasteiger partial charge in [-0.25, -0.2) is 0 Å². The zero-order valence-electron chi connectivity index (χ0n) is 13.8. The van der Waals surface area contributed by atoms with E-state index in [-0.39, 0.29) is 22.1 Å². The fourth-order valence-electron chi connectivity index (χ4n) is 2.13. The molecule has 0 saturated heterocycles. The average Bonchev–Trinajstić information content (AvgIpc) is 2.59. The van der Waals surface area contributed by atoms with Crippen LogP contribution in [0.1, 0.15) is 21.5 Å². The summed E-state index contributed by atoms with van der Waals surface area (Å²) in [5.41, 5.74) is 3.34. The van der Waals surface area contributed by atoms with Gasteiger partial charge < -0.3 is 5.32 Å². The second kappa shape index (κ2) is 7.99. The highest BCUT2D eigenvalue weighted by molar-refractivity contribution is 7.80. The van der Waals surface area contributed by atoms with Gasteiger partial charge in [0.15, 0.2) is 5.11 Å². The molecular weight excluding hydrogens is 385 g/mol. The van der Waals surface area contributed by atoms with E-state index >= 15 is 0 Å². The van der Waals surface area contributed by atoms with Crippen molar-refractivity contribution in [3.05, 3.63) is 69.3 Å². The molecule has 0 aliphatic rings. The summed E-state index contributed by atoms with van der Waals surface area (Å²) >= 11 is 4.86. The Balaban J connectivity index is 2.04. The fraction of sp³-hybridized carbons (Fsp3) is 0.125. The lowest BCUT2D eigenvalue weighted by molar-refractivity contribution is -0.385. The maximum atomic E-state index is 12.9. The van der Waals surface area contributed by atoms with Gasteiger partial charge in [0.1, 0.15) is 0 Å². The summed E-state index contributed by atoms with van der Waals surface area (Å²) in [6.07, 6.45) is -4.58. The highest BCUT2D eigenvalue weighted by Gasteiger charge is 2.33. The third-order valence-electron chi connectivity index (χ3n) is 3.44. The quantitative estimate of drug-likeness (QED) is 0.416. The first kappa shape index (κ1) is 20.1. The Labute approximate surface area is 156 Å². The number of halogens is 3. The molecule has 0 aliphatic heterocycles. The van der Waals surface area contributed by atoms with Gasteiger partial charge in [-0.05, 0) is 37.3 Å². The fourth-order valence-corrected chi connectivity index (χ4v) is 2.29. The minimum atomic E-state index is -4.58. The van der Waals surface area contributed by atoms with E-state index in [9.17, 15) is 28.1 Å². The number of hydrogen-bond acceptors (Lipinski definition) is 4. The van der Waals surface area contributed by atoms with Gasteiger partial charge in [0.25, 0.3) is 11.6 Å². The Hall–Kier alpha value is -3.21. The van der Waals surface area contributed by atoms with E-state index in [1.807, 2.05) is 0 Å². The van der Waals surface area contributed by atoms with Crippen molar-refractivity contribution in [2.75, 3.05) is 5.32 Å². The van der Waals surface area contributed by atoms with Crippen molar-refractivity contribution in [1.29, 1.82) is 0 Å². The summed E-state index contributed by atoms with van der Waals surface area (Å²) in [4.78, 5) is 22.3. The Morgan fingerprint density at radius 2 is 1.81 bits per heavy atom. The van der Waals surface area contributed by atoms with E-state index < -0.39 is 22.6 Å². The largest absolute Gasteiger partial charge is 0.418 e. The standard InChI is InChI=1S/C16H13F3N4O3S/c1-9-6-7-10(8-13(9)23(25)26)14(24)21-22-15(27)20-12-5-3-2-4-11(12)16(17,18)19/h2-8H,1H3,(H,21,24)(H2,20,22,27). The molecule has 0 fully saturated rings. The summed E-state index contributed by atoms with van der Waals surface area (Å²) in [6, 6.07) is 8.55. The number of nitrogens with one attached hydrogen (secondary N) is 3. The van der Waals surface area contributed by atoms with Crippen LogP contribution in [0, 0.1) is 17.0 Å². The minimum Gasteiger partial charge on any atom is -0.331 e. The van der Waals surface area contributed by atoms with Crippen molar-refractivity contribution in [1.82, 2.24) is 10.9 Å². The number of carbonyl (C=O) groups is 1. The van der Waals surface area contributed by atoms with Gasteiger partial charge in [-0.1, -0.05) is 18.2 Å². The van der Waals surface area contributed by atoms with Gasteiger partial charge in [-0.3, -0.25) is 25.8 Å². The SMILES string of the molecule is Cc1ccc(C(=O)NNC(=S)Nc2ccccc2C(F)(F)F)cc1[N+](=O)[O-]. The van der Waals surface area contributed by atoms with Gasteiger partial charge in [-0.2, -0.15) is 13.2 Å². The van der Waals surface area contributed by atoms with E-state index in [4.69, 9.17) is 12.2 Å². The molecule has 0 bridgehead atoms. The minimum absolute atomic E-state index is 0.0155. The molecule has 7 nitrogen and oxygen atoms in total. The van der Waals surface area contributed by atoms with Crippen LogP contribution < -0.4 is 16.2 Å². The summed E-state index contributed by atoms with van der Waals surface area (Å²) in [5.74, 6) is -0.744. The van der Waals surface area contributed by atoms with Crippen LogP contribution in [0.3, 0.4) is 0 Å². The van der Waals surface area contributed by atoms with Gasteiger partial charge in [0.2, 0.25) is 0 Å². The lowest BCUT2D eigenvalue weighted by Gasteiger charge is -2.16. The maximum Gasteiger partial charge on any atom is 0.418 e. The highest BCUT2D eigenvalue weighted by Crippen LogP contribution is 2.34. The molecule has 0 spiro atoms. The zero-order chi connectivity index (χ0) is 20.2. The molecule has 3 N–H and O–H groups in total. The molecule has 2 aromatic rings. The number of thiocarbonyl (C=S) groups is 1. The van der Waals surface area contributed by atoms with E-state index in [1.54, 1.807) is 0 Å². The molecule has 0 aromatic heterocycles. The second-order valence-corrected chi connectivity index (χ2v) is 5.74. The van der Waals surface area contributed by atoms with Crippen LogP contribution in [-0.4, -0.2) is 15.9 Å². The predicted octanol–water partition coefficient (Wildman–Crippen LogP) is 3.55. The van der Waals surface area contributed by atoms with Crippen LogP contribution in [0.4, 0.5) is 24.5 Å². The monoisotopic (exact) mass is 398 g/mol. The molecule has 0 heterocycles. The van der Waals surface area contributed by atoms with Crippen molar-refractivity contribution >= 4 is 34.6 Å². The molecule has 0 atom stereocenters. The van der Waals surface area contributed by atoms with Crippen LogP contribution in [0.25, 0.3) is 0 Å². The first-order valence-corrected chi connectivity index (χ1v) is 7.79. The number of aryl methyl sites for hydroxylation is 1. The number of hydrazine groups is 1. The normalized spacial score (nSPS) is 10.8. The molecule has 0 saturated carbocycles. The van der Waals surface area contributed by atoms with Crippen molar-refractivity contribution in [3.63, 3.8) is 0 Å². The molecule has 2 aromatic carbocycles. The number of alkyl halides is 3. The number of anilines is 1. The highest BCUT2D eigenvalue weighted by atomic mass is 32.1. The number of benzene rings is 2. The number of amides is 1. The van der Waals surface area contributed by atoms with Crippen molar-refractivity contribution in [3.8, 4) is 0 Å². The number of nitro benzene ring substituents is 1. The molecule has 142 valence electrons. The Morgan fingerprint density at radius 3 is 2.44 bits per heavy atom. The number of nitrogens with zero attached hydrogens (tertiary/aromatic N) is 1. The molecular formula is C16H13F3N4O3S. The zero-order valence-corrected chi connectivity index (χ0v) is 14.6. The van der Waals surface area contributed by atoms with Crippen LogP contribution in [-0.2, 0) is 6.18 Å². The van der Waals surface area contributed by atoms with Crippen molar-refractivity contribution < 1.29 is 22.9 Å². The lowest BCUT2D eigenvalue weighted by Crippen LogP contribution is -2.44. The first-order chi connectivity index (χ1) is 12.6. The van der Waals surface area contributed by atoms with Gasteiger partial charge in [0, 0.05) is 17.2 Å². The molecule has 0 aliphatic carbocycles. The number of carbonyl (C=O) groups excluding carboxylic acids is 1. The van der Waals surface area contributed by atoms with Crippen molar-refractivity contribution in [2.24, 2.45) is 0 Å². The third-order valence-corrected chi connectivity index (χ3v) is 3.64. The Kier molecular flexibility index (Phi) is 5.95. The van der Waals surface area contributed by atoms with Crippen LogP contribution in [0.5, 0.6) is 0 Å². The lowest BCUT2D eigenvalue weighted by atomic mass is 10.1. The average molecular weight is 398 g/mol. The molecule has 11 heteroatoms. The smallest absolute Gasteiger partial charge is 0.331 e. The van der Waals surface area contributed by atoms with E-state index in [1.165, 1.54) is 37.3 Å². The molecule has 0 unspecified atom stereocenters. The number of rotatable bonds is 3. The van der Waals surface area contributed by atoms with Crippen LogP contribution in [0.15, 0.2) is 42.5 Å². The maximum absolute atomic E-state index is 12.9. The first-order valence-electron chi connectivity index (χ1n) is 7.38. The summed E-state index contributed by atoms with van der Waals surface area (Å²) in [5, 5.41) is 13.0. The number of hydrogen-bond donors (Lipinski definition) is 3. The Morgan fingerprint density at radius 1 is 1.15 bits per heavy atom. The number of para-hydroxylation sites is 1. The topological polar surface area (TPSA) is 96.3 Å². The van der Waals surface area contributed by atoms with Gasteiger partial charge in [0.05, 0.1) is 16.2 Å². The Bertz CT molecular complexity index is 903. The molecule has 27 heavy (non-hydrogen) atoms. The molecule has 1 amide bonds. The predicted molar refractivity (Wildman–Crippen MR) is 96.1 cm³/mol. The van der Waals surface area contributed by atoms with E-state index in [2.05, 4.69) is 16.2 Å². The molecule has 2 rings (SSSR count).